The summed E-state index contributed by atoms with van der Waals surface area (Å²) < 4.78 is 0. The van der Waals surface area contributed by atoms with Crippen molar-refractivity contribution in [3.05, 3.63) is 65.0 Å². The molecule has 6 nitrogen and oxygen atoms in total. The van der Waals surface area contributed by atoms with Gasteiger partial charge in [-0.05, 0) is 31.2 Å². The molecule has 1 aromatic carbocycles. The van der Waals surface area contributed by atoms with Crippen LogP contribution < -0.4 is 5.32 Å². The standard InChI is InChI=1S/C18H17N3O3/c1-12-5-6-14-15(10-12)18(24)21(17(14)23)11-16(22)20-9-7-13-4-2-3-8-19-13/h2-6,8,10H,7,9,11H2,1H3,(H,20,22). The maximum Gasteiger partial charge on any atom is 0.262 e. The van der Waals surface area contributed by atoms with Crippen LogP contribution in [0.1, 0.15) is 32.0 Å². The predicted octanol–water partition coefficient (Wildman–Crippen LogP) is 1.34. The third kappa shape index (κ3) is 3.17. The maximum atomic E-state index is 12.3. The molecule has 1 N–H and O–H groups in total. The third-order valence-corrected chi connectivity index (χ3v) is 3.86. The van der Waals surface area contributed by atoms with E-state index in [0.717, 1.165) is 16.2 Å². The van der Waals surface area contributed by atoms with E-state index in [4.69, 9.17) is 0 Å². The minimum atomic E-state index is -0.421. The Morgan fingerprint density at radius 3 is 2.67 bits per heavy atom. The monoisotopic (exact) mass is 323 g/mol. The number of pyridine rings is 1. The molecule has 0 fully saturated rings. The SMILES string of the molecule is Cc1ccc2c(c1)C(=O)N(CC(=O)NCCc1ccccn1)C2=O. The Morgan fingerprint density at radius 1 is 1.12 bits per heavy atom. The summed E-state index contributed by atoms with van der Waals surface area (Å²) in [5, 5.41) is 2.71. The number of nitrogens with zero attached hydrogens (tertiary/aromatic N) is 2. The smallest absolute Gasteiger partial charge is 0.262 e. The summed E-state index contributed by atoms with van der Waals surface area (Å²) in [4.78, 5) is 41.7. The Kier molecular flexibility index (Phi) is 4.37. The Bertz CT molecular complexity index is 802. The molecule has 3 rings (SSSR count). The molecule has 0 spiro atoms. The van der Waals surface area contributed by atoms with Crippen LogP contribution in [0, 0.1) is 6.92 Å². The van der Waals surface area contributed by atoms with Gasteiger partial charge in [-0.3, -0.25) is 24.3 Å². The van der Waals surface area contributed by atoms with Crippen molar-refractivity contribution in [1.82, 2.24) is 15.2 Å². The van der Waals surface area contributed by atoms with E-state index < -0.39 is 11.8 Å². The topological polar surface area (TPSA) is 79.4 Å². The number of hydrogen-bond acceptors (Lipinski definition) is 4. The second kappa shape index (κ2) is 6.62. The van der Waals surface area contributed by atoms with E-state index in [-0.39, 0.29) is 12.5 Å². The predicted molar refractivity (Wildman–Crippen MR) is 87.5 cm³/mol. The molecule has 24 heavy (non-hydrogen) atoms. The number of hydrogen-bond donors (Lipinski definition) is 1. The number of fused-ring (bicyclic) bond motifs is 1. The zero-order chi connectivity index (χ0) is 17.1. The van der Waals surface area contributed by atoms with Crippen LogP contribution in [0.4, 0.5) is 0 Å². The summed E-state index contributed by atoms with van der Waals surface area (Å²) in [7, 11) is 0. The molecule has 0 saturated carbocycles. The lowest BCUT2D eigenvalue weighted by molar-refractivity contribution is -0.121. The molecule has 1 aromatic heterocycles. The number of nitrogens with one attached hydrogen (secondary N) is 1. The molecule has 1 aliphatic rings. The van der Waals surface area contributed by atoms with Gasteiger partial charge in [0.2, 0.25) is 5.91 Å². The van der Waals surface area contributed by atoms with Gasteiger partial charge in [0.1, 0.15) is 6.54 Å². The van der Waals surface area contributed by atoms with E-state index in [1.807, 2.05) is 25.1 Å². The van der Waals surface area contributed by atoms with Gasteiger partial charge in [0.05, 0.1) is 11.1 Å². The molecular formula is C18H17N3O3. The average molecular weight is 323 g/mol. The van der Waals surface area contributed by atoms with Gasteiger partial charge in [0, 0.05) is 24.9 Å². The largest absolute Gasteiger partial charge is 0.354 e. The first kappa shape index (κ1) is 15.9. The van der Waals surface area contributed by atoms with Crippen molar-refractivity contribution < 1.29 is 14.4 Å². The number of benzene rings is 1. The minimum absolute atomic E-state index is 0.270. The summed E-state index contributed by atoms with van der Waals surface area (Å²) >= 11 is 0. The van der Waals surface area contributed by atoms with E-state index in [2.05, 4.69) is 10.3 Å². The summed E-state index contributed by atoms with van der Waals surface area (Å²) in [6, 6.07) is 10.7. The number of rotatable bonds is 5. The van der Waals surface area contributed by atoms with Crippen molar-refractivity contribution in [1.29, 1.82) is 0 Å². The van der Waals surface area contributed by atoms with Crippen molar-refractivity contribution in [3.8, 4) is 0 Å². The summed E-state index contributed by atoms with van der Waals surface area (Å²) in [6.45, 7) is 1.98. The molecule has 2 aromatic rings. The maximum absolute atomic E-state index is 12.3. The quantitative estimate of drug-likeness (QED) is 0.842. The first-order valence-electron chi connectivity index (χ1n) is 7.69. The van der Waals surface area contributed by atoms with Crippen LogP contribution in [-0.2, 0) is 11.2 Å². The fourth-order valence-corrected chi connectivity index (χ4v) is 2.62. The van der Waals surface area contributed by atoms with E-state index in [9.17, 15) is 14.4 Å². The van der Waals surface area contributed by atoms with E-state index in [1.54, 1.807) is 24.4 Å². The number of aryl methyl sites for hydroxylation is 1. The fraction of sp³-hybridized carbons (Fsp3) is 0.222. The molecule has 0 atom stereocenters. The van der Waals surface area contributed by atoms with Crippen LogP contribution in [0.2, 0.25) is 0 Å². The second-order valence-electron chi connectivity index (χ2n) is 5.67. The van der Waals surface area contributed by atoms with E-state index >= 15 is 0 Å². The van der Waals surface area contributed by atoms with Gasteiger partial charge in [-0.25, -0.2) is 0 Å². The zero-order valence-electron chi connectivity index (χ0n) is 13.3. The Labute approximate surface area is 139 Å². The highest BCUT2D eigenvalue weighted by molar-refractivity contribution is 6.22. The van der Waals surface area contributed by atoms with Crippen LogP contribution in [0.3, 0.4) is 0 Å². The van der Waals surface area contributed by atoms with Gasteiger partial charge >= 0.3 is 0 Å². The molecule has 0 saturated heterocycles. The first-order chi connectivity index (χ1) is 11.6. The normalized spacial score (nSPS) is 13.1. The number of carbonyl (C=O) groups is 3. The fourth-order valence-electron chi connectivity index (χ4n) is 2.62. The van der Waals surface area contributed by atoms with Gasteiger partial charge in [-0.2, -0.15) is 0 Å². The molecule has 0 bridgehead atoms. The molecule has 6 heteroatoms. The Morgan fingerprint density at radius 2 is 1.92 bits per heavy atom. The minimum Gasteiger partial charge on any atom is -0.354 e. The molecule has 122 valence electrons. The van der Waals surface area contributed by atoms with Crippen molar-refractivity contribution in [2.75, 3.05) is 13.1 Å². The number of carbonyl (C=O) groups excluding carboxylic acids is 3. The molecule has 0 aliphatic carbocycles. The van der Waals surface area contributed by atoms with Crippen molar-refractivity contribution in [2.24, 2.45) is 0 Å². The third-order valence-electron chi connectivity index (χ3n) is 3.86. The van der Waals surface area contributed by atoms with Crippen molar-refractivity contribution in [3.63, 3.8) is 0 Å². The van der Waals surface area contributed by atoms with Gasteiger partial charge in [0.15, 0.2) is 0 Å². The molecular weight excluding hydrogens is 306 g/mol. The van der Waals surface area contributed by atoms with Gasteiger partial charge < -0.3 is 5.32 Å². The van der Waals surface area contributed by atoms with Crippen LogP contribution in [0.5, 0.6) is 0 Å². The lowest BCUT2D eigenvalue weighted by atomic mass is 10.1. The van der Waals surface area contributed by atoms with Crippen molar-refractivity contribution >= 4 is 17.7 Å². The van der Waals surface area contributed by atoms with Crippen LogP contribution >= 0.6 is 0 Å². The molecule has 0 unspecified atom stereocenters. The Hall–Kier alpha value is -3.02. The van der Waals surface area contributed by atoms with Crippen LogP contribution in [-0.4, -0.2) is 40.7 Å². The lowest BCUT2D eigenvalue weighted by Crippen LogP contribution is -2.40. The van der Waals surface area contributed by atoms with Crippen molar-refractivity contribution in [2.45, 2.75) is 13.3 Å². The summed E-state index contributed by atoms with van der Waals surface area (Å²) in [5.41, 5.74) is 2.48. The molecule has 1 aliphatic heterocycles. The molecule has 0 radical (unpaired) electrons. The summed E-state index contributed by atoms with van der Waals surface area (Å²) in [6.07, 6.45) is 2.28. The highest BCUT2D eigenvalue weighted by atomic mass is 16.2. The van der Waals surface area contributed by atoms with Crippen LogP contribution in [0.15, 0.2) is 42.6 Å². The number of aromatic nitrogens is 1. The van der Waals surface area contributed by atoms with E-state index in [0.29, 0.717) is 24.1 Å². The molecule has 3 amide bonds. The van der Waals surface area contributed by atoms with E-state index in [1.165, 1.54) is 0 Å². The van der Waals surface area contributed by atoms with Gasteiger partial charge in [-0.15, -0.1) is 0 Å². The van der Waals surface area contributed by atoms with Gasteiger partial charge in [0.25, 0.3) is 11.8 Å². The Balaban J connectivity index is 1.57. The summed E-state index contributed by atoms with van der Waals surface area (Å²) in [5.74, 6) is -1.20. The average Bonchev–Trinajstić information content (AvgIpc) is 2.80. The second-order valence-corrected chi connectivity index (χ2v) is 5.67. The van der Waals surface area contributed by atoms with Gasteiger partial charge in [-0.1, -0.05) is 17.7 Å². The van der Waals surface area contributed by atoms with Crippen LogP contribution in [0.25, 0.3) is 0 Å². The molecule has 2 heterocycles. The number of imide groups is 1. The number of amides is 3. The highest BCUT2D eigenvalue weighted by Crippen LogP contribution is 2.23. The lowest BCUT2D eigenvalue weighted by Gasteiger charge is -2.13. The first-order valence-corrected chi connectivity index (χ1v) is 7.69. The highest BCUT2D eigenvalue weighted by Gasteiger charge is 2.36. The zero-order valence-corrected chi connectivity index (χ0v) is 13.3.